The summed E-state index contributed by atoms with van der Waals surface area (Å²) in [5.41, 5.74) is 0.233. The monoisotopic (exact) mass is 362 g/mol. The average molecular weight is 364 g/mol. The SMILES string of the molecule is COC(=O)C1COCCN1C(=O)c1cc(Br)cnc1Cl. The Balaban J connectivity index is 2.30. The van der Waals surface area contributed by atoms with E-state index >= 15 is 0 Å². The molecule has 0 radical (unpaired) electrons. The Morgan fingerprint density at radius 1 is 1.60 bits per heavy atom. The van der Waals surface area contributed by atoms with Crippen LogP contribution in [-0.2, 0) is 14.3 Å². The molecule has 1 aliphatic rings. The molecule has 1 saturated heterocycles. The number of aromatic nitrogens is 1. The molecule has 2 heterocycles. The molecule has 1 aliphatic heterocycles. The molecular formula is C12H12BrClN2O4. The van der Waals surface area contributed by atoms with Crippen molar-refractivity contribution in [1.82, 2.24) is 9.88 Å². The van der Waals surface area contributed by atoms with E-state index < -0.39 is 12.0 Å². The fraction of sp³-hybridized carbons (Fsp3) is 0.417. The van der Waals surface area contributed by atoms with Crippen molar-refractivity contribution in [2.75, 3.05) is 26.9 Å². The van der Waals surface area contributed by atoms with Gasteiger partial charge in [0.1, 0.15) is 5.15 Å². The predicted octanol–water partition coefficient (Wildman–Crippen LogP) is 1.51. The quantitative estimate of drug-likeness (QED) is 0.588. The molecule has 0 aromatic carbocycles. The second kappa shape index (κ2) is 6.51. The Labute approximate surface area is 129 Å². The Morgan fingerprint density at radius 2 is 2.35 bits per heavy atom. The van der Waals surface area contributed by atoms with Gasteiger partial charge >= 0.3 is 5.97 Å². The average Bonchev–Trinajstić information content (AvgIpc) is 2.48. The Kier molecular flexibility index (Phi) is 4.95. The minimum atomic E-state index is -0.767. The van der Waals surface area contributed by atoms with Crippen LogP contribution in [0.3, 0.4) is 0 Å². The molecule has 0 spiro atoms. The number of esters is 1. The third-order valence-corrected chi connectivity index (χ3v) is 3.63. The van der Waals surface area contributed by atoms with Crippen LogP contribution in [0, 0.1) is 0 Å². The van der Waals surface area contributed by atoms with Crippen molar-refractivity contribution < 1.29 is 19.1 Å². The van der Waals surface area contributed by atoms with Crippen molar-refractivity contribution in [2.24, 2.45) is 0 Å². The first-order valence-electron chi connectivity index (χ1n) is 5.82. The van der Waals surface area contributed by atoms with Crippen LogP contribution < -0.4 is 0 Å². The highest BCUT2D eigenvalue weighted by molar-refractivity contribution is 9.10. The van der Waals surface area contributed by atoms with E-state index in [9.17, 15) is 9.59 Å². The number of halogens is 2. The van der Waals surface area contributed by atoms with Gasteiger partial charge in [-0.2, -0.15) is 0 Å². The molecule has 1 amide bonds. The van der Waals surface area contributed by atoms with Crippen LogP contribution in [0.1, 0.15) is 10.4 Å². The molecule has 108 valence electrons. The number of nitrogens with zero attached hydrogens (tertiary/aromatic N) is 2. The van der Waals surface area contributed by atoms with Crippen LogP contribution in [0.25, 0.3) is 0 Å². The van der Waals surface area contributed by atoms with Crippen molar-refractivity contribution in [2.45, 2.75) is 6.04 Å². The summed E-state index contributed by atoms with van der Waals surface area (Å²) in [5, 5.41) is 0.0910. The maximum atomic E-state index is 12.5. The first-order valence-corrected chi connectivity index (χ1v) is 6.99. The number of hydrogen-bond acceptors (Lipinski definition) is 5. The van der Waals surface area contributed by atoms with Crippen molar-refractivity contribution in [3.63, 3.8) is 0 Å². The molecule has 1 aromatic rings. The lowest BCUT2D eigenvalue weighted by molar-refractivity contribution is -0.151. The summed E-state index contributed by atoms with van der Waals surface area (Å²) < 4.78 is 10.5. The Hall–Kier alpha value is -1.18. The molecule has 0 saturated carbocycles. The first-order chi connectivity index (χ1) is 9.54. The molecule has 2 rings (SSSR count). The van der Waals surface area contributed by atoms with E-state index in [4.69, 9.17) is 16.3 Å². The number of carbonyl (C=O) groups is 2. The topological polar surface area (TPSA) is 68.7 Å². The first kappa shape index (κ1) is 15.2. The van der Waals surface area contributed by atoms with Crippen molar-refractivity contribution in [3.8, 4) is 0 Å². The van der Waals surface area contributed by atoms with Crippen LogP contribution in [0.2, 0.25) is 5.15 Å². The summed E-state index contributed by atoms with van der Waals surface area (Å²) in [6, 6.07) is 0.804. The third kappa shape index (κ3) is 3.11. The summed E-state index contributed by atoms with van der Waals surface area (Å²) in [6.45, 7) is 0.761. The lowest BCUT2D eigenvalue weighted by atomic mass is 10.1. The van der Waals surface area contributed by atoms with Crippen molar-refractivity contribution in [3.05, 3.63) is 27.5 Å². The molecule has 0 aliphatic carbocycles. The van der Waals surface area contributed by atoms with Gasteiger partial charge in [0.15, 0.2) is 6.04 Å². The second-order valence-corrected chi connectivity index (χ2v) is 5.38. The standard InChI is InChI=1S/C12H12BrClN2O4/c1-19-12(18)9-6-20-3-2-16(9)11(17)8-4-7(13)5-15-10(8)14/h4-5,9H,2-3,6H2,1H3. The van der Waals surface area contributed by atoms with E-state index in [1.54, 1.807) is 6.07 Å². The zero-order chi connectivity index (χ0) is 14.7. The number of morpholine rings is 1. The largest absolute Gasteiger partial charge is 0.467 e. The normalized spacial score (nSPS) is 18.8. The second-order valence-electron chi connectivity index (χ2n) is 4.10. The van der Waals surface area contributed by atoms with E-state index in [1.807, 2.05) is 0 Å². The van der Waals surface area contributed by atoms with Gasteiger partial charge in [-0.25, -0.2) is 9.78 Å². The van der Waals surface area contributed by atoms with Crippen LogP contribution in [-0.4, -0.2) is 54.7 Å². The molecule has 1 atom stereocenters. The van der Waals surface area contributed by atoms with E-state index in [0.717, 1.165) is 0 Å². The minimum Gasteiger partial charge on any atom is -0.467 e. The van der Waals surface area contributed by atoms with Gasteiger partial charge in [0.05, 0.1) is 25.9 Å². The minimum absolute atomic E-state index is 0.0910. The van der Waals surface area contributed by atoms with E-state index in [1.165, 1.54) is 18.2 Å². The number of amides is 1. The van der Waals surface area contributed by atoms with Gasteiger partial charge in [0.25, 0.3) is 5.91 Å². The van der Waals surface area contributed by atoms with Crippen LogP contribution in [0.5, 0.6) is 0 Å². The van der Waals surface area contributed by atoms with Crippen molar-refractivity contribution in [1.29, 1.82) is 0 Å². The molecule has 6 nitrogen and oxygen atoms in total. The molecule has 20 heavy (non-hydrogen) atoms. The highest BCUT2D eigenvalue weighted by Gasteiger charge is 2.35. The van der Waals surface area contributed by atoms with Gasteiger partial charge in [0.2, 0.25) is 0 Å². The summed E-state index contributed by atoms with van der Waals surface area (Å²) in [5.74, 6) is -0.889. The summed E-state index contributed by atoms with van der Waals surface area (Å²) in [4.78, 5) is 29.5. The van der Waals surface area contributed by atoms with Crippen LogP contribution in [0.15, 0.2) is 16.7 Å². The highest BCUT2D eigenvalue weighted by atomic mass is 79.9. The van der Waals surface area contributed by atoms with Gasteiger partial charge < -0.3 is 14.4 Å². The van der Waals surface area contributed by atoms with Gasteiger partial charge in [-0.1, -0.05) is 11.6 Å². The summed E-state index contributed by atoms with van der Waals surface area (Å²) in [6.07, 6.45) is 1.50. The van der Waals surface area contributed by atoms with Crippen LogP contribution in [0.4, 0.5) is 0 Å². The zero-order valence-corrected chi connectivity index (χ0v) is 13.0. The fourth-order valence-corrected chi connectivity index (χ4v) is 2.42. The third-order valence-electron chi connectivity index (χ3n) is 2.90. The van der Waals surface area contributed by atoms with Gasteiger partial charge in [-0.05, 0) is 22.0 Å². The van der Waals surface area contributed by atoms with Crippen LogP contribution >= 0.6 is 27.5 Å². The maximum Gasteiger partial charge on any atom is 0.331 e. The Bertz CT molecular complexity index is 540. The number of hydrogen-bond donors (Lipinski definition) is 0. The van der Waals surface area contributed by atoms with Gasteiger partial charge in [0, 0.05) is 17.2 Å². The molecule has 1 unspecified atom stereocenters. The van der Waals surface area contributed by atoms with E-state index in [-0.39, 0.29) is 23.2 Å². The van der Waals surface area contributed by atoms with Crippen molar-refractivity contribution >= 4 is 39.4 Å². The Morgan fingerprint density at radius 3 is 3.05 bits per heavy atom. The summed E-state index contributed by atoms with van der Waals surface area (Å²) >= 11 is 9.18. The number of pyridine rings is 1. The zero-order valence-electron chi connectivity index (χ0n) is 10.6. The molecule has 1 fully saturated rings. The number of methoxy groups -OCH3 is 1. The maximum absolute atomic E-state index is 12.5. The lowest BCUT2D eigenvalue weighted by Gasteiger charge is -2.33. The molecule has 1 aromatic heterocycles. The number of carbonyl (C=O) groups excluding carboxylic acids is 2. The van der Waals surface area contributed by atoms with Gasteiger partial charge in [-0.15, -0.1) is 0 Å². The van der Waals surface area contributed by atoms with E-state index in [0.29, 0.717) is 17.6 Å². The molecule has 8 heteroatoms. The lowest BCUT2D eigenvalue weighted by Crippen LogP contribution is -2.53. The molecular weight excluding hydrogens is 351 g/mol. The predicted molar refractivity (Wildman–Crippen MR) is 74.6 cm³/mol. The summed E-state index contributed by atoms with van der Waals surface area (Å²) in [7, 11) is 1.27. The highest BCUT2D eigenvalue weighted by Crippen LogP contribution is 2.22. The fourth-order valence-electron chi connectivity index (χ4n) is 1.91. The molecule has 0 N–H and O–H groups in total. The molecule has 0 bridgehead atoms. The number of ether oxygens (including phenoxy) is 2. The van der Waals surface area contributed by atoms with E-state index in [2.05, 4.69) is 25.7 Å². The smallest absolute Gasteiger partial charge is 0.331 e. The van der Waals surface area contributed by atoms with Gasteiger partial charge in [-0.3, -0.25) is 4.79 Å². The number of rotatable bonds is 2.